The summed E-state index contributed by atoms with van der Waals surface area (Å²) in [6, 6.07) is 8.91. The highest BCUT2D eigenvalue weighted by molar-refractivity contribution is 5.71. The summed E-state index contributed by atoms with van der Waals surface area (Å²) in [7, 11) is 3.82. The Hall–Kier alpha value is -3.19. The number of nitrogens with one attached hydrogen (secondary N) is 1. The van der Waals surface area contributed by atoms with Gasteiger partial charge in [0.2, 0.25) is 0 Å². The van der Waals surface area contributed by atoms with Gasteiger partial charge in [-0.1, -0.05) is 12.1 Å². The molecule has 0 amide bonds. The SMILES string of the molecule is CNCc1cnc2ccc(-c3cccc(F)c3OCCc3c(C)nn(C)c3C)cn12. The van der Waals surface area contributed by atoms with Crippen molar-refractivity contribution in [2.24, 2.45) is 7.05 Å². The van der Waals surface area contributed by atoms with Gasteiger partial charge in [-0.15, -0.1) is 0 Å². The Balaban J connectivity index is 1.63. The molecule has 1 N–H and O–H groups in total. The molecular weight excluding hydrogens is 381 g/mol. The second-order valence-corrected chi connectivity index (χ2v) is 7.41. The minimum Gasteiger partial charge on any atom is -0.490 e. The molecule has 30 heavy (non-hydrogen) atoms. The molecule has 0 saturated carbocycles. The molecule has 0 fully saturated rings. The summed E-state index contributed by atoms with van der Waals surface area (Å²) in [5, 5.41) is 7.58. The Morgan fingerprint density at radius 2 is 2.00 bits per heavy atom. The number of benzene rings is 1. The summed E-state index contributed by atoms with van der Waals surface area (Å²) < 4.78 is 24.6. The van der Waals surface area contributed by atoms with E-state index in [1.54, 1.807) is 6.07 Å². The van der Waals surface area contributed by atoms with Crippen molar-refractivity contribution >= 4 is 5.65 Å². The number of imidazole rings is 1. The van der Waals surface area contributed by atoms with Gasteiger partial charge in [0.15, 0.2) is 11.6 Å². The predicted molar refractivity (Wildman–Crippen MR) is 115 cm³/mol. The zero-order chi connectivity index (χ0) is 21.3. The van der Waals surface area contributed by atoms with Crippen molar-refractivity contribution in [1.29, 1.82) is 0 Å². The number of halogens is 1. The van der Waals surface area contributed by atoms with Gasteiger partial charge < -0.3 is 14.5 Å². The molecule has 0 radical (unpaired) electrons. The monoisotopic (exact) mass is 407 g/mol. The lowest BCUT2D eigenvalue weighted by Gasteiger charge is -2.13. The third-order valence-corrected chi connectivity index (χ3v) is 5.48. The number of hydrogen-bond acceptors (Lipinski definition) is 4. The lowest BCUT2D eigenvalue weighted by Crippen LogP contribution is -2.08. The Bertz CT molecular complexity index is 1190. The summed E-state index contributed by atoms with van der Waals surface area (Å²) in [4.78, 5) is 4.42. The van der Waals surface area contributed by atoms with Gasteiger partial charge in [0.25, 0.3) is 0 Å². The molecular formula is C23H26FN5O. The molecule has 7 heteroatoms. The third-order valence-electron chi connectivity index (χ3n) is 5.48. The van der Waals surface area contributed by atoms with Gasteiger partial charge >= 0.3 is 0 Å². The molecule has 0 spiro atoms. The number of nitrogens with zero attached hydrogens (tertiary/aromatic N) is 4. The standard InChI is InChI=1S/C23H26FN5O/c1-15-19(16(2)28(4)27-15)10-11-30-23-20(6-5-7-21(23)24)17-8-9-22-26-13-18(12-25-3)29(22)14-17/h5-9,13-14,25H,10-12H2,1-4H3. The highest BCUT2D eigenvalue weighted by atomic mass is 19.1. The second kappa shape index (κ2) is 8.28. The summed E-state index contributed by atoms with van der Waals surface area (Å²) in [5.74, 6) is -0.0976. The van der Waals surface area contributed by atoms with Crippen LogP contribution in [0.2, 0.25) is 0 Å². The topological polar surface area (TPSA) is 56.4 Å². The van der Waals surface area contributed by atoms with Crippen molar-refractivity contribution in [1.82, 2.24) is 24.5 Å². The van der Waals surface area contributed by atoms with Crippen molar-refractivity contribution in [3.05, 3.63) is 71.2 Å². The molecule has 0 saturated heterocycles. The first-order valence-electron chi connectivity index (χ1n) is 10.0. The van der Waals surface area contributed by atoms with Gasteiger partial charge in [-0.2, -0.15) is 5.10 Å². The molecule has 3 aromatic heterocycles. The molecule has 4 rings (SSSR count). The van der Waals surface area contributed by atoms with E-state index >= 15 is 0 Å². The fourth-order valence-corrected chi connectivity index (χ4v) is 3.82. The summed E-state index contributed by atoms with van der Waals surface area (Å²) in [5.41, 5.74) is 6.72. The van der Waals surface area contributed by atoms with E-state index < -0.39 is 0 Å². The van der Waals surface area contributed by atoms with Crippen molar-refractivity contribution in [2.45, 2.75) is 26.8 Å². The second-order valence-electron chi connectivity index (χ2n) is 7.41. The van der Waals surface area contributed by atoms with E-state index in [0.717, 1.165) is 39.4 Å². The molecule has 0 aliphatic heterocycles. The molecule has 156 valence electrons. The molecule has 0 bridgehead atoms. The number of para-hydroxylation sites is 1. The zero-order valence-corrected chi connectivity index (χ0v) is 17.7. The van der Waals surface area contributed by atoms with Crippen LogP contribution in [-0.4, -0.2) is 32.8 Å². The smallest absolute Gasteiger partial charge is 0.165 e. The van der Waals surface area contributed by atoms with Crippen LogP contribution < -0.4 is 10.1 Å². The predicted octanol–water partition coefficient (Wildman–Crippen LogP) is 3.83. The molecule has 0 unspecified atom stereocenters. The molecule has 6 nitrogen and oxygen atoms in total. The molecule has 3 heterocycles. The quantitative estimate of drug-likeness (QED) is 0.506. The largest absolute Gasteiger partial charge is 0.490 e. The van der Waals surface area contributed by atoms with Gasteiger partial charge in [-0.3, -0.25) is 4.68 Å². The molecule has 0 aliphatic carbocycles. The van der Waals surface area contributed by atoms with Crippen LogP contribution in [0.3, 0.4) is 0 Å². The molecule has 1 aromatic carbocycles. The maximum absolute atomic E-state index is 14.7. The molecule has 0 atom stereocenters. The van der Waals surface area contributed by atoms with Crippen LogP contribution in [0.25, 0.3) is 16.8 Å². The fraction of sp³-hybridized carbons (Fsp3) is 0.304. The van der Waals surface area contributed by atoms with E-state index in [9.17, 15) is 4.39 Å². The van der Waals surface area contributed by atoms with E-state index in [4.69, 9.17) is 4.74 Å². The lowest BCUT2D eigenvalue weighted by atomic mass is 10.1. The van der Waals surface area contributed by atoms with Crippen LogP contribution in [0.5, 0.6) is 5.75 Å². The number of pyridine rings is 1. The van der Waals surface area contributed by atoms with Crippen LogP contribution >= 0.6 is 0 Å². The van der Waals surface area contributed by atoms with E-state index in [1.807, 2.05) is 67.6 Å². The Labute approximate surface area is 175 Å². The van der Waals surface area contributed by atoms with E-state index in [0.29, 0.717) is 19.6 Å². The van der Waals surface area contributed by atoms with Gasteiger partial charge in [-0.25, -0.2) is 9.37 Å². The Kier molecular flexibility index (Phi) is 5.55. The Morgan fingerprint density at radius 1 is 1.17 bits per heavy atom. The first kappa shape index (κ1) is 20.1. The highest BCUT2D eigenvalue weighted by Gasteiger charge is 2.15. The third kappa shape index (κ3) is 3.68. The van der Waals surface area contributed by atoms with Gasteiger partial charge in [0.1, 0.15) is 5.65 Å². The summed E-state index contributed by atoms with van der Waals surface area (Å²) in [6.45, 7) is 5.09. The van der Waals surface area contributed by atoms with Gasteiger partial charge in [-0.05, 0) is 44.7 Å². The minimum absolute atomic E-state index is 0.270. The van der Waals surface area contributed by atoms with Crippen LogP contribution in [0.4, 0.5) is 4.39 Å². The Morgan fingerprint density at radius 3 is 2.73 bits per heavy atom. The number of rotatable bonds is 7. The number of fused-ring (bicyclic) bond motifs is 1. The normalized spacial score (nSPS) is 11.4. The molecule has 0 aliphatic rings. The lowest BCUT2D eigenvalue weighted by molar-refractivity contribution is 0.306. The first-order chi connectivity index (χ1) is 14.5. The van der Waals surface area contributed by atoms with E-state index in [2.05, 4.69) is 15.4 Å². The first-order valence-corrected chi connectivity index (χ1v) is 10.0. The van der Waals surface area contributed by atoms with Crippen molar-refractivity contribution in [3.63, 3.8) is 0 Å². The number of hydrogen-bond donors (Lipinski definition) is 1. The molecule has 4 aromatic rings. The maximum atomic E-state index is 14.7. The summed E-state index contributed by atoms with van der Waals surface area (Å²) >= 11 is 0. The van der Waals surface area contributed by atoms with Crippen molar-refractivity contribution in [2.75, 3.05) is 13.7 Å². The van der Waals surface area contributed by atoms with Crippen LogP contribution in [-0.2, 0) is 20.0 Å². The minimum atomic E-state index is -0.367. The number of ether oxygens (including phenoxy) is 1. The summed E-state index contributed by atoms with van der Waals surface area (Å²) in [6.07, 6.45) is 4.50. The van der Waals surface area contributed by atoms with Crippen molar-refractivity contribution < 1.29 is 9.13 Å². The highest BCUT2D eigenvalue weighted by Crippen LogP contribution is 2.33. The fourth-order valence-electron chi connectivity index (χ4n) is 3.82. The van der Waals surface area contributed by atoms with Crippen LogP contribution in [0.15, 0.2) is 42.7 Å². The maximum Gasteiger partial charge on any atom is 0.165 e. The van der Waals surface area contributed by atoms with E-state index in [1.165, 1.54) is 6.07 Å². The average molecular weight is 407 g/mol. The number of aryl methyl sites for hydroxylation is 2. The number of aromatic nitrogens is 4. The van der Waals surface area contributed by atoms with Crippen LogP contribution in [0.1, 0.15) is 22.6 Å². The van der Waals surface area contributed by atoms with Crippen LogP contribution in [0, 0.1) is 19.7 Å². The van der Waals surface area contributed by atoms with Gasteiger partial charge in [0.05, 0.1) is 24.2 Å². The average Bonchev–Trinajstić information content (AvgIpc) is 3.24. The van der Waals surface area contributed by atoms with Gasteiger partial charge in [0, 0.05) is 43.0 Å². The zero-order valence-electron chi connectivity index (χ0n) is 17.7. The van der Waals surface area contributed by atoms with Crippen molar-refractivity contribution in [3.8, 4) is 16.9 Å². The van der Waals surface area contributed by atoms with E-state index in [-0.39, 0.29) is 11.6 Å².